The first-order chi connectivity index (χ1) is 11.0. The van der Waals surface area contributed by atoms with E-state index in [1.165, 1.54) is 5.56 Å². The van der Waals surface area contributed by atoms with Crippen LogP contribution in [0.25, 0.3) is 0 Å². The summed E-state index contributed by atoms with van der Waals surface area (Å²) in [7, 11) is 3.74. The Kier molecular flexibility index (Phi) is 4.05. The smallest absolute Gasteiger partial charge is 0.218 e. The van der Waals surface area contributed by atoms with Crippen molar-refractivity contribution in [3.8, 4) is 6.07 Å². The molecule has 0 radical (unpaired) electrons. The quantitative estimate of drug-likeness (QED) is 0.905. The van der Waals surface area contributed by atoms with Crippen LogP contribution in [0.3, 0.4) is 0 Å². The molecule has 122 valence electrons. The lowest BCUT2D eigenvalue weighted by Crippen LogP contribution is -2.58. The van der Waals surface area contributed by atoms with Crippen LogP contribution in [-0.4, -0.2) is 37.9 Å². The standard InChI is InChI=1S/C18H23N3O2/c1-12-4-6-13(7-5-12)16-14(10-19)17(20)23-18(22-3)8-9-21(2)11-15(16)18/h4-7,15-16H,8-9,11,20H2,1-3H3/t15-,16+,18+/m0/s1. The van der Waals surface area contributed by atoms with E-state index in [2.05, 4.69) is 49.2 Å². The lowest BCUT2D eigenvalue weighted by atomic mass is 9.72. The average Bonchev–Trinajstić information content (AvgIpc) is 2.55. The Bertz CT molecular complexity index is 662. The van der Waals surface area contributed by atoms with Gasteiger partial charge in [-0.25, -0.2) is 0 Å². The van der Waals surface area contributed by atoms with Gasteiger partial charge in [0, 0.05) is 38.5 Å². The Morgan fingerprint density at radius 2 is 2.09 bits per heavy atom. The Labute approximate surface area is 137 Å². The van der Waals surface area contributed by atoms with Crippen LogP contribution in [0.5, 0.6) is 0 Å². The summed E-state index contributed by atoms with van der Waals surface area (Å²) in [5, 5.41) is 9.64. The Balaban J connectivity index is 2.13. The molecule has 3 atom stereocenters. The van der Waals surface area contributed by atoms with Crippen molar-refractivity contribution in [2.24, 2.45) is 11.7 Å². The first kappa shape index (κ1) is 15.9. The fraction of sp³-hybridized carbons (Fsp3) is 0.500. The maximum Gasteiger partial charge on any atom is 0.218 e. The minimum absolute atomic E-state index is 0.0240. The van der Waals surface area contributed by atoms with E-state index in [0.29, 0.717) is 5.57 Å². The number of aryl methyl sites for hydroxylation is 1. The molecule has 2 heterocycles. The van der Waals surface area contributed by atoms with E-state index in [1.54, 1.807) is 7.11 Å². The van der Waals surface area contributed by atoms with Crippen LogP contribution in [0, 0.1) is 24.2 Å². The van der Waals surface area contributed by atoms with Gasteiger partial charge in [0.2, 0.25) is 11.7 Å². The number of allylic oxidation sites excluding steroid dienone is 1. The van der Waals surface area contributed by atoms with Crippen molar-refractivity contribution in [1.29, 1.82) is 5.26 Å². The second-order valence-corrected chi connectivity index (χ2v) is 6.51. The van der Waals surface area contributed by atoms with Crippen LogP contribution in [0.2, 0.25) is 0 Å². The summed E-state index contributed by atoms with van der Waals surface area (Å²) in [6.07, 6.45) is 0.729. The van der Waals surface area contributed by atoms with Gasteiger partial charge in [0.15, 0.2) is 0 Å². The first-order valence-corrected chi connectivity index (χ1v) is 7.90. The lowest BCUT2D eigenvalue weighted by Gasteiger charge is -2.51. The van der Waals surface area contributed by atoms with Gasteiger partial charge >= 0.3 is 0 Å². The van der Waals surface area contributed by atoms with Gasteiger partial charge in [-0.3, -0.25) is 0 Å². The van der Waals surface area contributed by atoms with E-state index in [-0.39, 0.29) is 17.7 Å². The molecule has 1 aromatic carbocycles. The van der Waals surface area contributed by atoms with E-state index in [9.17, 15) is 5.26 Å². The number of piperidine rings is 1. The van der Waals surface area contributed by atoms with Crippen molar-refractivity contribution >= 4 is 0 Å². The molecular weight excluding hydrogens is 290 g/mol. The number of rotatable bonds is 2. The molecule has 0 saturated carbocycles. The number of fused-ring (bicyclic) bond motifs is 1. The SMILES string of the molecule is CO[C@@]12CCN(C)C[C@H]1[C@H](c1ccc(C)cc1)C(C#N)=C(N)O2. The van der Waals surface area contributed by atoms with Crippen molar-refractivity contribution < 1.29 is 9.47 Å². The summed E-state index contributed by atoms with van der Waals surface area (Å²) in [5.41, 5.74) is 8.87. The van der Waals surface area contributed by atoms with Crippen molar-refractivity contribution in [2.75, 3.05) is 27.2 Å². The maximum absolute atomic E-state index is 9.64. The summed E-state index contributed by atoms with van der Waals surface area (Å²) in [6, 6.07) is 10.5. The second-order valence-electron chi connectivity index (χ2n) is 6.51. The van der Waals surface area contributed by atoms with Gasteiger partial charge in [-0.05, 0) is 19.5 Å². The normalized spacial score (nSPS) is 31.2. The molecule has 0 amide bonds. The van der Waals surface area contributed by atoms with Gasteiger partial charge in [0.25, 0.3) is 0 Å². The van der Waals surface area contributed by atoms with Crippen molar-refractivity contribution in [3.63, 3.8) is 0 Å². The number of hydrogen-bond acceptors (Lipinski definition) is 5. The zero-order valence-electron chi connectivity index (χ0n) is 13.9. The Morgan fingerprint density at radius 3 is 2.70 bits per heavy atom. The average molecular weight is 313 g/mol. The molecule has 0 spiro atoms. The molecule has 23 heavy (non-hydrogen) atoms. The van der Waals surface area contributed by atoms with Crippen LogP contribution in [0.4, 0.5) is 0 Å². The van der Waals surface area contributed by atoms with Crippen LogP contribution in [0.1, 0.15) is 23.5 Å². The second kappa shape index (κ2) is 5.88. The number of nitrogens with two attached hydrogens (primary N) is 1. The molecular formula is C18H23N3O2. The van der Waals surface area contributed by atoms with E-state index in [4.69, 9.17) is 15.2 Å². The van der Waals surface area contributed by atoms with Gasteiger partial charge in [-0.2, -0.15) is 5.26 Å². The zero-order valence-corrected chi connectivity index (χ0v) is 13.9. The third-order valence-corrected chi connectivity index (χ3v) is 5.08. The van der Waals surface area contributed by atoms with Gasteiger partial charge in [0.05, 0.1) is 5.57 Å². The molecule has 1 saturated heterocycles. The van der Waals surface area contributed by atoms with Crippen molar-refractivity contribution in [2.45, 2.75) is 25.0 Å². The van der Waals surface area contributed by atoms with Crippen molar-refractivity contribution in [3.05, 3.63) is 46.8 Å². The monoisotopic (exact) mass is 313 g/mol. The number of nitriles is 1. The number of ether oxygens (including phenoxy) is 2. The maximum atomic E-state index is 9.64. The van der Waals surface area contributed by atoms with Gasteiger partial charge in [0.1, 0.15) is 6.07 Å². The third kappa shape index (κ3) is 2.58. The largest absolute Gasteiger partial charge is 0.446 e. The summed E-state index contributed by atoms with van der Waals surface area (Å²) in [6.45, 7) is 3.72. The molecule has 2 aliphatic heterocycles. The van der Waals surface area contributed by atoms with E-state index in [1.807, 2.05) is 0 Å². The minimum atomic E-state index is -0.757. The molecule has 1 fully saturated rings. The summed E-state index contributed by atoms with van der Waals surface area (Å²) in [4.78, 5) is 2.25. The van der Waals surface area contributed by atoms with Crippen LogP contribution >= 0.6 is 0 Å². The molecule has 2 aliphatic rings. The molecule has 5 nitrogen and oxygen atoms in total. The topological polar surface area (TPSA) is 71.5 Å². The fourth-order valence-electron chi connectivity index (χ4n) is 3.77. The molecule has 0 aromatic heterocycles. The first-order valence-electron chi connectivity index (χ1n) is 7.90. The van der Waals surface area contributed by atoms with E-state index >= 15 is 0 Å². The van der Waals surface area contributed by atoms with Gasteiger partial charge in [-0.1, -0.05) is 29.8 Å². The Hall–Kier alpha value is -2.03. The number of hydrogen-bond donors (Lipinski definition) is 1. The number of methoxy groups -OCH3 is 1. The molecule has 1 aromatic rings. The minimum Gasteiger partial charge on any atom is -0.446 e. The highest BCUT2D eigenvalue weighted by Gasteiger charge is 2.54. The van der Waals surface area contributed by atoms with E-state index < -0.39 is 5.79 Å². The van der Waals surface area contributed by atoms with Crippen LogP contribution in [0.15, 0.2) is 35.7 Å². The Morgan fingerprint density at radius 1 is 1.39 bits per heavy atom. The van der Waals surface area contributed by atoms with Crippen LogP contribution in [-0.2, 0) is 9.47 Å². The molecule has 5 heteroatoms. The summed E-state index contributed by atoms with van der Waals surface area (Å²) >= 11 is 0. The fourth-order valence-corrected chi connectivity index (χ4v) is 3.77. The van der Waals surface area contributed by atoms with Crippen molar-refractivity contribution in [1.82, 2.24) is 4.90 Å². The zero-order chi connectivity index (χ0) is 16.6. The van der Waals surface area contributed by atoms with Gasteiger partial charge in [-0.15, -0.1) is 0 Å². The highest BCUT2D eigenvalue weighted by molar-refractivity contribution is 5.42. The number of benzene rings is 1. The third-order valence-electron chi connectivity index (χ3n) is 5.08. The highest BCUT2D eigenvalue weighted by atomic mass is 16.7. The summed E-state index contributed by atoms with van der Waals surface area (Å²) in [5.74, 6) is -0.652. The van der Waals surface area contributed by atoms with Gasteiger partial charge < -0.3 is 20.1 Å². The molecule has 3 rings (SSSR count). The summed E-state index contributed by atoms with van der Waals surface area (Å²) < 4.78 is 11.7. The molecule has 0 unspecified atom stereocenters. The number of likely N-dealkylation sites (tertiary alicyclic amines) is 1. The molecule has 2 N–H and O–H groups in total. The highest BCUT2D eigenvalue weighted by Crippen LogP contribution is 2.49. The lowest BCUT2D eigenvalue weighted by molar-refractivity contribution is -0.264. The molecule has 0 bridgehead atoms. The van der Waals surface area contributed by atoms with E-state index in [0.717, 1.165) is 25.1 Å². The number of nitrogens with zero attached hydrogens (tertiary/aromatic N) is 2. The van der Waals surface area contributed by atoms with Crippen LogP contribution < -0.4 is 5.73 Å². The predicted octanol–water partition coefficient (Wildman–Crippen LogP) is 2.10. The molecule has 0 aliphatic carbocycles. The predicted molar refractivity (Wildman–Crippen MR) is 87.2 cm³/mol.